The molecule has 0 aliphatic carbocycles. The molecule has 23 heavy (non-hydrogen) atoms. The van der Waals surface area contributed by atoms with Crippen LogP contribution < -0.4 is 0 Å². The highest BCUT2D eigenvalue weighted by Crippen LogP contribution is 2.23. The number of benzene rings is 1. The summed E-state index contributed by atoms with van der Waals surface area (Å²) in [6, 6.07) is 9.53. The summed E-state index contributed by atoms with van der Waals surface area (Å²) in [6.45, 7) is 1.57. The summed E-state index contributed by atoms with van der Waals surface area (Å²) in [5.74, 6) is -0.616. The van der Waals surface area contributed by atoms with Crippen LogP contribution >= 0.6 is 0 Å². The number of methoxy groups -OCH3 is 1. The number of nitrogens with zero attached hydrogens (tertiary/aromatic N) is 4. The zero-order valence-corrected chi connectivity index (χ0v) is 12.8. The number of hydrogen-bond acceptors (Lipinski definition) is 6. The third-order valence-corrected chi connectivity index (χ3v) is 3.80. The molecular weight excluding hydrogens is 296 g/mol. The molecule has 2 heterocycles. The van der Waals surface area contributed by atoms with Crippen LogP contribution in [-0.4, -0.2) is 38.2 Å². The fourth-order valence-electron chi connectivity index (χ4n) is 2.52. The molecule has 0 aliphatic heterocycles. The van der Waals surface area contributed by atoms with Crippen molar-refractivity contribution in [2.45, 2.75) is 19.6 Å². The molecule has 2 aromatic heterocycles. The Morgan fingerprint density at radius 3 is 2.96 bits per heavy atom. The van der Waals surface area contributed by atoms with Crippen LogP contribution in [0.5, 0.6) is 0 Å². The van der Waals surface area contributed by atoms with Gasteiger partial charge in [0.2, 0.25) is 0 Å². The number of hydrogen-bond donors (Lipinski definition) is 1. The highest BCUT2D eigenvalue weighted by Gasteiger charge is 2.23. The number of pyridine rings is 1. The lowest BCUT2D eigenvalue weighted by Gasteiger charge is -2.15. The molecule has 1 atom stereocenters. The van der Waals surface area contributed by atoms with Crippen molar-refractivity contribution >= 4 is 16.9 Å². The summed E-state index contributed by atoms with van der Waals surface area (Å²) in [4.78, 5) is 16.0. The Morgan fingerprint density at radius 2 is 2.22 bits per heavy atom. The van der Waals surface area contributed by atoms with Crippen molar-refractivity contribution in [3.63, 3.8) is 0 Å². The molecule has 0 spiro atoms. The quantitative estimate of drug-likeness (QED) is 0.738. The van der Waals surface area contributed by atoms with E-state index >= 15 is 0 Å². The van der Waals surface area contributed by atoms with Crippen molar-refractivity contribution in [2.24, 2.45) is 0 Å². The maximum Gasteiger partial charge on any atom is 0.360 e. The number of fused-ring (bicyclic) bond motifs is 1. The highest BCUT2D eigenvalue weighted by atomic mass is 16.5. The molecule has 7 nitrogen and oxygen atoms in total. The number of carbonyl (C=O) groups is 1. The first-order valence-corrected chi connectivity index (χ1v) is 7.13. The van der Waals surface area contributed by atoms with Crippen LogP contribution in [0.15, 0.2) is 36.5 Å². The van der Waals surface area contributed by atoms with Gasteiger partial charge in [0.1, 0.15) is 0 Å². The average Bonchev–Trinajstić information content (AvgIpc) is 3.03. The first-order valence-electron chi connectivity index (χ1n) is 7.13. The molecule has 0 saturated heterocycles. The van der Waals surface area contributed by atoms with Gasteiger partial charge >= 0.3 is 5.97 Å². The predicted octanol–water partition coefficient (Wildman–Crippen LogP) is 1.71. The zero-order valence-electron chi connectivity index (χ0n) is 12.8. The number of ether oxygens (including phenoxy) is 1. The van der Waals surface area contributed by atoms with Crippen LogP contribution in [0, 0.1) is 0 Å². The fraction of sp³-hybridized carbons (Fsp3) is 0.250. The van der Waals surface area contributed by atoms with Gasteiger partial charge < -0.3 is 9.84 Å². The van der Waals surface area contributed by atoms with Gasteiger partial charge in [0.15, 0.2) is 5.69 Å². The predicted molar refractivity (Wildman–Crippen MR) is 82.8 cm³/mol. The molecule has 1 unspecified atom stereocenters. The van der Waals surface area contributed by atoms with E-state index in [1.54, 1.807) is 6.20 Å². The van der Waals surface area contributed by atoms with Crippen LogP contribution in [-0.2, 0) is 11.3 Å². The summed E-state index contributed by atoms with van der Waals surface area (Å²) in [5, 5.41) is 18.4. The second-order valence-electron chi connectivity index (χ2n) is 5.11. The molecule has 3 aromatic rings. The number of esters is 1. The fourth-order valence-corrected chi connectivity index (χ4v) is 2.52. The lowest BCUT2D eigenvalue weighted by molar-refractivity contribution is 0.0590. The van der Waals surface area contributed by atoms with E-state index in [1.165, 1.54) is 11.8 Å². The molecule has 0 saturated carbocycles. The molecule has 0 fully saturated rings. The number of aromatic nitrogens is 4. The number of rotatable bonds is 4. The van der Waals surface area contributed by atoms with Crippen molar-refractivity contribution in [2.75, 3.05) is 7.11 Å². The van der Waals surface area contributed by atoms with E-state index in [0.717, 1.165) is 16.5 Å². The van der Waals surface area contributed by atoms with Gasteiger partial charge in [0.25, 0.3) is 0 Å². The second kappa shape index (κ2) is 6.13. The number of aliphatic hydroxyl groups is 1. The van der Waals surface area contributed by atoms with Gasteiger partial charge in [-0.15, -0.1) is 5.10 Å². The summed E-state index contributed by atoms with van der Waals surface area (Å²) >= 11 is 0. The lowest BCUT2D eigenvalue weighted by Crippen LogP contribution is -2.14. The smallest absolute Gasteiger partial charge is 0.360 e. The van der Waals surface area contributed by atoms with Crippen molar-refractivity contribution in [3.8, 4) is 0 Å². The van der Waals surface area contributed by atoms with Crippen molar-refractivity contribution in [1.82, 2.24) is 20.0 Å². The summed E-state index contributed by atoms with van der Waals surface area (Å²) in [7, 11) is 1.27. The van der Waals surface area contributed by atoms with Crippen molar-refractivity contribution < 1.29 is 14.6 Å². The van der Waals surface area contributed by atoms with Gasteiger partial charge in [-0.3, -0.25) is 4.98 Å². The van der Waals surface area contributed by atoms with Gasteiger partial charge in [-0.1, -0.05) is 17.3 Å². The lowest BCUT2D eigenvalue weighted by atomic mass is 10.1. The Labute approximate surface area is 132 Å². The Morgan fingerprint density at radius 1 is 1.39 bits per heavy atom. The van der Waals surface area contributed by atoms with E-state index in [1.807, 2.05) is 37.3 Å². The summed E-state index contributed by atoms with van der Waals surface area (Å²) in [5.41, 5.74) is 2.24. The van der Waals surface area contributed by atoms with Gasteiger partial charge in [-0.05, 0) is 30.7 Å². The Bertz CT molecular complexity index is 859. The van der Waals surface area contributed by atoms with Crippen molar-refractivity contribution in [1.29, 1.82) is 0 Å². The minimum Gasteiger partial charge on any atom is -0.464 e. The zero-order chi connectivity index (χ0) is 16.4. The first-order chi connectivity index (χ1) is 11.2. The number of carbonyl (C=O) groups excluding carboxylic acids is 1. The maximum atomic E-state index is 11.7. The van der Waals surface area contributed by atoms with Crippen LogP contribution in [0.1, 0.15) is 34.7 Å². The third-order valence-electron chi connectivity index (χ3n) is 3.80. The van der Waals surface area contributed by atoms with Gasteiger partial charge in [0.05, 0.1) is 31.0 Å². The summed E-state index contributed by atoms with van der Waals surface area (Å²) in [6.07, 6.45) is 1.75. The molecule has 0 aliphatic rings. The Balaban J connectivity index is 2.03. The topological polar surface area (TPSA) is 90.1 Å². The Hall–Kier alpha value is -2.80. The Kier molecular flexibility index (Phi) is 4.03. The van der Waals surface area contributed by atoms with E-state index < -0.39 is 5.97 Å². The highest BCUT2D eigenvalue weighted by molar-refractivity contribution is 5.88. The molecule has 7 heteroatoms. The minimum absolute atomic E-state index is 0.0318. The van der Waals surface area contributed by atoms with E-state index in [2.05, 4.69) is 20.0 Å². The SMILES string of the molecule is COC(=O)c1nnn(C(C)c2ccc3ncccc3c2)c1CO. The largest absolute Gasteiger partial charge is 0.464 e. The molecule has 1 N–H and O–H groups in total. The molecule has 118 valence electrons. The van der Waals surface area contributed by atoms with Crippen LogP contribution in [0.2, 0.25) is 0 Å². The molecule has 0 bridgehead atoms. The average molecular weight is 312 g/mol. The van der Waals surface area contributed by atoms with E-state index in [0.29, 0.717) is 5.69 Å². The standard InChI is InChI=1S/C16H16N4O3/c1-10(11-5-6-13-12(8-11)4-3-7-17-13)20-14(9-21)15(18-19-20)16(22)23-2/h3-8,10,21H,9H2,1-2H3. The van der Waals surface area contributed by atoms with E-state index in [9.17, 15) is 9.90 Å². The maximum absolute atomic E-state index is 11.7. The monoisotopic (exact) mass is 312 g/mol. The van der Waals surface area contributed by atoms with E-state index in [-0.39, 0.29) is 18.3 Å². The normalized spacial score (nSPS) is 12.3. The molecule has 0 amide bonds. The first kappa shape index (κ1) is 15.1. The van der Waals surface area contributed by atoms with Gasteiger partial charge in [-0.2, -0.15) is 0 Å². The van der Waals surface area contributed by atoms with Crippen LogP contribution in [0.25, 0.3) is 10.9 Å². The van der Waals surface area contributed by atoms with Crippen LogP contribution in [0.4, 0.5) is 0 Å². The van der Waals surface area contributed by atoms with E-state index in [4.69, 9.17) is 0 Å². The molecule has 3 rings (SSSR count). The number of aliphatic hydroxyl groups excluding tert-OH is 1. The van der Waals surface area contributed by atoms with Gasteiger partial charge in [0, 0.05) is 11.6 Å². The second-order valence-corrected chi connectivity index (χ2v) is 5.11. The van der Waals surface area contributed by atoms with Crippen molar-refractivity contribution in [3.05, 3.63) is 53.5 Å². The minimum atomic E-state index is -0.616. The molecule has 0 radical (unpaired) electrons. The van der Waals surface area contributed by atoms with Gasteiger partial charge in [-0.25, -0.2) is 9.48 Å². The van der Waals surface area contributed by atoms with Crippen LogP contribution in [0.3, 0.4) is 0 Å². The molecule has 1 aromatic carbocycles. The third kappa shape index (κ3) is 2.66. The molecular formula is C16H16N4O3. The summed E-state index contributed by atoms with van der Waals surface area (Å²) < 4.78 is 6.19.